The summed E-state index contributed by atoms with van der Waals surface area (Å²) in [5.41, 5.74) is 2.30. The van der Waals surface area contributed by atoms with Gasteiger partial charge in [-0.1, -0.05) is 88.4 Å². The zero-order valence-electron chi connectivity index (χ0n) is 17.4. The fraction of sp³-hybridized carbons (Fsp3) is 0.417. The molecule has 0 radical (unpaired) electrons. The molecule has 0 amide bonds. The zero-order valence-corrected chi connectivity index (χ0v) is 17.4. The van der Waals surface area contributed by atoms with Gasteiger partial charge in [-0.15, -0.1) is 0 Å². The van der Waals surface area contributed by atoms with Crippen LogP contribution in [0.2, 0.25) is 0 Å². The first-order valence-corrected chi connectivity index (χ1v) is 10.2. The maximum absolute atomic E-state index is 9.33. The van der Waals surface area contributed by atoms with E-state index in [4.69, 9.17) is 9.31 Å². The highest BCUT2D eigenvalue weighted by Crippen LogP contribution is 2.21. The van der Waals surface area contributed by atoms with E-state index in [1.807, 2.05) is 37.3 Å². The van der Waals surface area contributed by atoms with Crippen molar-refractivity contribution in [1.29, 1.82) is 0 Å². The van der Waals surface area contributed by atoms with Crippen molar-refractivity contribution in [2.75, 3.05) is 13.2 Å². The van der Waals surface area contributed by atoms with Crippen molar-refractivity contribution in [3.63, 3.8) is 0 Å². The molecule has 2 aromatic carbocycles. The molecule has 4 heteroatoms. The number of benzene rings is 2. The molecular weight excluding hydrogens is 347 g/mol. The summed E-state index contributed by atoms with van der Waals surface area (Å²) in [6.45, 7) is 10.0. The average molecular weight is 378 g/mol. The van der Waals surface area contributed by atoms with Crippen LogP contribution < -0.4 is 15.9 Å². The first-order valence-electron chi connectivity index (χ1n) is 10.2. The molecule has 3 nitrogen and oxygen atoms in total. The molecule has 0 spiro atoms. The number of aliphatic hydroxyl groups excluding tert-OH is 1. The van der Waals surface area contributed by atoms with Gasteiger partial charge in [0, 0.05) is 18.6 Å². The number of rotatable bonds is 3. The first kappa shape index (κ1) is 20.8. The summed E-state index contributed by atoms with van der Waals surface area (Å²) >= 11 is 0. The van der Waals surface area contributed by atoms with Crippen molar-refractivity contribution < 1.29 is 14.4 Å². The SMILES string of the molecule is CC1C=c2cccc(B3OCC(C)(C)CO3)c2=C1.CC[C@H](O)c1ccccc1. The Morgan fingerprint density at radius 2 is 1.71 bits per heavy atom. The van der Waals surface area contributed by atoms with Crippen LogP contribution in [-0.4, -0.2) is 25.4 Å². The molecule has 1 fully saturated rings. The smallest absolute Gasteiger partial charge is 0.407 e. The van der Waals surface area contributed by atoms with E-state index in [2.05, 4.69) is 51.1 Å². The minimum Gasteiger partial charge on any atom is -0.407 e. The minimum atomic E-state index is -0.291. The fourth-order valence-electron chi connectivity index (χ4n) is 3.52. The normalized spacial score (nSPS) is 20.9. The second-order valence-electron chi connectivity index (χ2n) is 8.50. The van der Waals surface area contributed by atoms with E-state index in [0.717, 1.165) is 25.2 Å². The summed E-state index contributed by atoms with van der Waals surface area (Å²) in [7, 11) is -0.206. The second-order valence-corrected chi connectivity index (χ2v) is 8.50. The van der Waals surface area contributed by atoms with Gasteiger partial charge < -0.3 is 14.4 Å². The molecule has 1 aliphatic carbocycles. The average Bonchev–Trinajstić information content (AvgIpc) is 3.09. The molecule has 1 saturated heterocycles. The lowest BCUT2D eigenvalue weighted by molar-refractivity contribution is 0.0342. The summed E-state index contributed by atoms with van der Waals surface area (Å²) < 4.78 is 11.8. The van der Waals surface area contributed by atoms with E-state index in [1.165, 1.54) is 15.9 Å². The van der Waals surface area contributed by atoms with Gasteiger partial charge >= 0.3 is 7.12 Å². The predicted octanol–water partition coefficient (Wildman–Crippen LogP) is 2.80. The fourth-order valence-corrected chi connectivity index (χ4v) is 3.52. The lowest BCUT2D eigenvalue weighted by Crippen LogP contribution is -2.54. The lowest BCUT2D eigenvalue weighted by atomic mass is 9.74. The maximum atomic E-state index is 9.33. The van der Waals surface area contributed by atoms with Crippen molar-refractivity contribution in [2.45, 2.75) is 40.2 Å². The summed E-state index contributed by atoms with van der Waals surface area (Å²) in [5.74, 6) is 0.501. The highest BCUT2D eigenvalue weighted by atomic mass is 16.6. The first-order chi connectivity index (χ1) is 13.4. The third-order valence-corrected chi connectivity index (χ3v) is 5.12. The van der Waals surface area contributed by atoms with Gasteiger partial charge in [0.05, 0.1) is 6.10 Å². The summed E-state index contributed by atoms with van der Waals surface area (Å²) in [6.07, 6.45) is 5.06. The Bertz CT molecular complexity index is 882. The predicted molar refractivity (Wildman–Crippen MR) is 117 cm³/mol. The monoisotopic (exact) mass is 378 g/mol. The standard InChI is InChI=1S/C15H19BO2.C9H12O/c1-11-7-12-5-4-6-14(13(12)8-11)16-17-9-15(2,3)10-18-16;1-2-9(10)8-6-4-3-5-7-8/h4-8,11H,9-10H2,1-3H3;3-7,9-10H,2H2,1H3/t;9-/m.0/s1. The Labute approximate surface area is 168 Å². The molecule has 1 N–H and O–H groups in total. The van der Waals surface area contributed by atoms with E-state index < -0.39 is 0 Å². The Morgan fingerprint density at radius 3 is 2.36 bits per heavy atom. The largest absolute Gasteiger partial charge is 0.494 e. The van der Waals surface area contributed by atoms with Crippen LogP contribution in [0.5, 0.6) is 0 Å². The van der Waals surface area contributed by atoms with Gasteiger partial charge in [-0.25, -0.2) is 0 Å². The number of hydrogen-bond acceptors (Lipinski definition) is 3. The van der Waals surface area contributed by atoms with Crippen molar-refractivity contribution in [2.24, 2.45) is 11.3 Å². The van der Waals surface area contributed by atoms with Gasteiger partial charge in [0.1, 0.15) is 0 Å². The van der Waals surface area contributed by atoms with Gasteiger partial charge in [0.15, 0.2) is 0 Å². The second kappa shape index (κ2) is 9.08. The Balaban J connectivity index is 0.000000192. The number of fused-ring (bicyclic) bond motifs is 1. The van der Waals surface area contributed by atoms with Gasteiger partial charge in [-0.05, 0) is 33.8 Å². The molecule has 2 aromatic rings. The van der Waals surface area contributed by atoms with Crippen LogP contribution in [0.3, 0.4) is 0 Å². The zero-order chi connectivity index (χ0) is 20.1. The molecule has 28 heavy (non-hydrogen) atoms. The minimum absolute atomic E-state index is 0.123. The molecule has 1 heterocycles. The van der Waals surface area contributed by atoms with E-state index in [-0.39, 0.29) is 18.6 Å². The van der Waals surface area contributed by atoms with E-state index in [1.54, 1.807) is 0 Å². The van der Waals surface area contributed by atoms with Gasteiger partial charge in [-0.2, -0.15) is 0 Å². The molecule has 0 aromatic heterocycles. The van der Waals surface area contributed by atoms with Crippen molar-refractivity contribution in [3.05, 3.63) is 64.5 Å². The Hall–Kier alpha value is -1.88. The topological polar surface area (TPSA) is 38.7 Å². The lowest BCUT2D eigenvalue weighted by Gasteiger charge is -2.33. The van der Waals surface area contributed by atoms with Gasteiger partial charge in [0.25, 0.3) is 0 Å². The van der Waals surface area contributed by atoms with Crippen LogP contribution in [-0.2, 0) is 9.31 Å². The molecule has 2 aliphatic rings. The molecule has 0 bridgehead atoms. The number of hydrogen-bond donors (Lipinski definition) is 1. The van der Waals surface area contributed by atoms with Crippen LogP contribution in [0, 0.1) is 11.3 Å². The Morgan fingerprint density at radius 1 is 1.04 bits per heavy atom. The van der Waals surface area contributed by atoms with Crippen LogP contribution >= 0.6 is 0 Å². The van der Waals surface area contributed by atoms with E-state index >= 15 is 0 Å². The van der Waals surface area contributed by atoms with Crippen LogP contribution in [0.1, 0.15) is 45.8 Å². The summed E-state index contributed by atoms with van der Waals surface area (Å²) in [6, 6.07) is 16.1. The maximum Gasteiger partial charge on any atom is 0.494 e. The van der Waals surface area contributed by atoms with Crippen molar-refractivity contribution >= 4 is 24.7 Å². The molecule has 1 aliphatic heterocycles. The van der Waals surface area contributed by atoms with Gasteiger partial charge in [-0.3, -0.25) is 0 Å². The quantitative estimate of drug-likeness (QED) is 0.835. The molecule has 148 valence electrons. The molecular formula is C24H31BO3. The number of aliphatic hydroxyl groups is 1. The third-order valence-electron chi connectivity index (χ3n) is 5.12. The van der Waals surface area contributed by atoms with Crippen molar-refractivity contribution in [1.82, 2.24) is 0 Å². The summed E-state index contributed by atoms with van der Waals surface area (Å²) in [4.78, 5) is 0. The molecule has 2 atom stereocenters. The van der Waals surface area contributed by atoms with Crippen molar-refractivity contribution in [3.8, 4) is 0 Å². The van der Waals surface area contributed by atoms with Crippen LogP contribution in [0.25, 0.3) is 12.2 Å². The van der Waals surface area contributed by atoms with Crippen LogP contribution in [0.4, 0.5) is 0 Å². The van der Waals surface area contributed by atoms with E-state index in [9.17, 15) is 5.11 Å². The third kappa shape index (κ3) is 5.13. The highest BCUT2D eigenvalue weighted by Gasteiger charge is 2.34. The molecule has 1 unspecified atom stereocenters. The van der Waals surface area contributed by atoms with Gasteiger partial charge in [0.2, 0.25) is 0 Å². The molecule has 0 saturated carbocycles. The van der Waals surface area contributed by atoms with E-state index in [0.29, 0.717) is 5.92 Å². The van der Waals surface area contributed by atoms with Crippen LogP contribution in [0.15, 0.2) is 48.5 Å². The Kier molecular flexibility index (Phi) is 6.76. The summed E-state index contributed by atoms with van der Waals surface area (Å²) in [5, 5.41) is 11.9. The molecule has 4 rings (SSSR count). The highest BCUT2D eigenvalue weighted by molar-refractivity contribution is 6.61.